The highest BCUT2D eigenvalue weighted by Crippen LogP contribution is 2.33. The van der Waals surface area contributed by atoms with Crippen LogP contribution >= 0.6 is 0 Å². The number of aromatic nitrogens is 1. The minimum absolute atomic E-state index is 0.196. The average Bonchev–Trinajstić information content (AvgIpc) is 2.44. The van der Waals surface area contributed by atoms with E-state index in [1.807, 2.05) is 26.0 Å². The monoisotopic (exact) mass is 287 g/mol. The van der Waals surface area contributed by atoms with Gasteiger partial charge in [-0.05, 0) is 30.9 Å². The minimum atomic E-state index is -1.16. The van der Waals surface area contributed by atoms with Crippen molar-refractivity contribution >= 4 is 11.9 Å². The number of nitrogens with one attached hydrogen (secondary N) is 1. The van der Waals surface area contributed by atoms with Crippen LogP contribution in [0.2, 0.25) is 0 Å². The zero-order chi connectivity index (χ0) is 15.4. The van der Waals surface area contributed by atoms with Crippen LogP contribution in [-0.2, 0) is 16.1 Å². The molecule has 1 heterocycles. The van der Waals surface area contributed by atoms with Crippen LogP contribution in [0.15, 0.2) is 36.2 Å². The number of pyridine rings is 1. The van der Waals surface area contributed by atoms with Crippen molar-refractivity contribution in [1.29, 1.82) is 0 Å². The first-order valence-corrected chi connectivity index (χ1v) is 7.04. The van der Waals surface area contributed by atoms with Crippen LogP contribution in [0.1, 0.15) is 25.8 Å². The van der Waals surface area contributed by atoms with E-state index in [0.29, 0.717) is 13.0 Å². The quantitative estimate of drug-likeness (QED) is 0.825. The fourth-order valence-corrected chi connectivity index (χ4v) is 2.92. The van der Waals surface area contributed by atoms with E-state index in [0.717, 1.165) is 11.1 Å². The predicted molar refractivity (Wildman–Crippen MR) is 75.6 cm³/mol. The SMILES string of the molecule is CC1=C[C@@H](C)[C@H](C(=O)[O-])[C@@H](C(=O)NCc2cccnc2)C1. The van der Waals surface area contributed by atoms with Crippen molar-refractivity contribution in [3.05, 3.63) is 41.7 Å². The van der Waals surface area contributed by atoms with E-state index >= 15 is 0 Å². The van der Waals surface area contributed by atoms with Crippen LogP contribution in [0.5, 0.6) is 0 Å². The molecule has 0 saturated heterocycles. The van der Waals surface area contributed by atoms with Gasteiger partial charge in [-0.15, -0.1) is 0 Å². The van der Waals surface area contributed by atoms with Crippen LogP contribution in [0.4, 0.5) is 0 Å². The third-order valence-electron chi connectivity index (χ3n) is 3.89. The summed E-state index contributed by atoms with van der Waals surface area (Å²) in [5.74, 6) is -2.95. The number of nitrogens with zero attached hydrogens (tertiary/aromatic N) is 1. The Labute approximate surface area is 124 Å². The molecule has 5 nitrogen and oxygen atoms in total. The van der Waals surface area contributed by atoms with Gasteiger partial charge in [-0.25, -0.2) is 0 Å². The Kier molecular flexibility index (Phi) is 4.73. The first-order chi connectivity index (χ1) is 9.99. The van der Waals surface area contributed by atoms with Crippen molar-refractivity contribution in [2.24, 2.45) is 17.8 Å². The van der Waals surface area contributed by atoms with Gasteiger partial charge in [0.1, 0.15) is 0 Å². The molecule has 5 heteroatoms. The van der Waals surface area contributed by atoms with Crippen molar-refractivity contribution in [2.75, 3.05) is 0 Å². The van der Waals surface area contributed by atoms with E-state index < -0.39 is 17.8 Å². The van der Waals surface area contributed by atoms with E-state index in [2.05, 4.69) is 10.3 Å². The molecule has 112 valence electrons. The third-order valence-corrected chi connectivity index (χ3v) is 3.89. The van der Waals surface area contributed by atoms with Gasteiger partial charge in [-0.1, -0.05) is 24.6 Å². The molecule has 1 amide bonds. The van der Waals surface area contributed by atoms with E-state index in [4.69, 9.17) is 0 Å². The Balaban J connectivity index is 2.06. The van der Waals surface area contributed by atoms with Gasteiger partial charge in [-0.3, -0.25) is 9.78 Å². The Hall–Kier alpha value is -2.17. The van der Waals surface area contributed by atoms with Crippen molar-refractivity contribution < 1.29 is 14.7 Å². The fourth-order valence-electron chi connectivity index (χ4n) is 2.92. The van der Waals surface area contributed by atoms with Gasteiger partial charge in [0.15, 0.2) is 0 Å². The number of hydrogen-bond acceptors (Lipinski definition) is 4. The molecule has 0 unspecified atom stereocenters. The highest BCUT2D eigenvalue weighted by Gasteiger charge is 2.35. The molecule has 2 rings (SSSR count). The van der Waals surface area contributed by atoms with Gasteiger partial charge >= 0.3 is 0 Å². The van der Waals surface area contributed by atoms with Crippen LogP contribution in [0, 0.1) is 17.8 Å². The molecule has 0 saturated carbocycles. The van der Waals surface area contributed by atoms with Crippen molar-refractivity contribution in [3.63, 3.8) is 0 Å². The van der Waals surface area contributed by atoms with Crippen molar-refractivity contribution in [2.45, 2.75) is 26.8 Å². The average molecular weight is 287 g/mol. The molecule has 21 heavy (non-hydrogen) atoms. The molecule has 1 aliphatic rings. The molecule has 0 radical (unpaired) electrons. The van der Waals surface area contributed by atoms with Gasteiger partial charge in [0.05, 0.1) is 5.92 Å². The summed E-state index contributed by atoms with van der Waals surface area (Å²) in [4.78, 5) is 27.6. The number of carbonyl (C=O) groups is 2. The summed E-state index contributed by atoms with van der Waals surface area (Å²) >= 11 is 0. The lowest BCUT2D eigenvalue weighted by molar-refractivity contribution is -0.314. The number of carboxylic acids is 1. The summed E-state index contributed by atoms with van der Waals surface area (Å²) in [7, 11) is 0. The van der Waals surface area contributed by atoms with Gasteiger partial charge in [-0.2, -0.15) is 0 Å². The molecule has 0 aromatic carbocycles. The van der Waals surface area contributed by atoms with Crippen LogP contribution < -0.4 is 10.4 Å². The molecule has 1 aliphatic carbocycles. The number of carboxylic acid groups (broad SMARTS) is 1. The number of hydrogen-bond donors (Lipinski definition) is 1. The standard InChI is InChI=1S/C16H20N2O3/c1-10-6-11(2)14(16(20)21)13(7-10)15(19)18-9-12-4-3-5-17-8-12/h3-6,8,11,13-14H,7,9H2,1-2H3,(H,18,19)(H,20,21)/p-1/t11-,13+,14+/m1/s1. The van der Waals surface area contributed by atoms with Gasteiger partial charge < -0.3 is 15.2 Å². The van der Waals surface area contributed by atoms with Gasteiger partial charge in [0, 0.05) is 30.8 Å². The predicted octanol–water partition coefficient (Wildman–Crippen LogP) is 0.666. The first-order valence-electron chi connectivity index (χ1n) is 7.04. The first kappa shape index (κ1) is 15.2. The van der Waals surface area contributed by atoms with E-state index in [1.165, 1.54) is 0 Å². The van der Waals surface area contributed by atoms with Crippen molar-refractivity contribution in [1.82, 2.24) is 10.3 Å². The van der Waals surface area contributed by atoms with Crippen LogP contribution in [0.25, 0.3) is 0 Å². The summed E-state index contributed by atoms with van der Waals surface area (Å²) in [6.45, 7) is 4.08. The van der Waals surface area contributed by atoms with Gasteiger partial charge in [0.25, 0.3) is 0 Å². The maximum atomic E-state index is 12.3. The highest BCUT2D eigenvalue weighted by molar-refractivity contribution is 5.85. The molecule has 1 aromatic rings. The summed E-state index contributed by atoms with van der Waals surface area (Å²) in [5, 5.41) is 14.1. The molecule has 0 bridgehead atoms. The Morgan fingerprint density at radius 3 is 2.86 bits per heavy atom. The lowest BCUT2D eigenvalue weighted by Gasteiger charge is -2.34. The summed E-state index contributed by atoms with van der Waals surface area (Å²) < 4.78 is 0. The fraction of sp³-hybridized carbons (Fsp3) is 0.438. The lowest BCUT2D eigenvalue weighted by atomic mass is 9.73. The smallest absolute Gasteiger partial charge is 0.224 e. The van der Waals surface area contributed by atoms with Crippen LogP contribution in [-0.4, -0.2) is 16.9 Å². The Bertz CT molecular complexity index is 554. The summed E-state index contributed by atoms with van der Waals surface area (Å²) in [5.41, 5.74) is 1.92. The molecular weight excluding hydrogens is 268 g/mol. The van der Waals surface area contributed by atoms with E-state index in [9.17, 15) is 14.7 Å². The minimum Gasteiger partial charge on any atom is -0.550 e. The Morgan fingerprint density at radius 2 is 2.24 bits per heavy atom. The normalized spacial score (nSPS) is 25.0. The lowest BCUT2D eigenvalue weighted by Crippen LogP contribution is -2.47. The number of aliphatic carboxylic acids is 1. The molecule has 1 aromatic heterocycles. The third kappa shape index (κ3) is 3.68. The highest BCUT2D eigenvalue weighted by atomic mass is 16.4. The van der Waals surface area contributed by atoms with E-state index in [-0.39, 0.29) is 11.8 Å². The molecule has 0 fully saturated rings. The topological polar surface area (TPSA) is 82.1 Å². The number of rotatable bonds is 4. The second kappa shape index (κ2) is 6.52. The zero-order valence-corrected chi connectivity index (χ0v) is 12.2. The zero-order valence-electron chi connectivity index (χ0n) is 12.2. The molecule has 1 N–H and O–H groups in total. The molecule has 3 atom stereocenters. The number of carbonyl (C=O) groups excluding carboxylic acids is 2. The molecule has 0 spiro atoms. The van der Waals surface area contributed by atoms with E-state index in [1.54, 1.807) is 18.5 Å². The molecule has 0 aliphatic heterocycles. The summed E-state index contributed by atoms with van der Waals surface area (Å²) in [6.07, 6.45) is 5.70. The second-order valence-electron chi connectivity index (χ2n) is 5.61. The summed E-state index contributed by atoms with van der Waals surface area (Å²) in [6, 6.07) is 3.65. The van der Waals surface area contributed by atoms with Crippen molar-refractivity contribution in [3.8, 4) is 0 Å². The maximum Gasteiger partial charge on any atom is 0.224 e. The Morgan fingerprint density at radius 1 is 1.48 bits per heavy atom. The largest absolute Gasteiger partial charge is 0.550 e. The molecular formula is C16H19N2O3-. The maximum absolute atomic E-state index is 12.3. The second-order valence-corrected chi connectivity index (χ2v) is 5.61. The number of allylic oxidation sites excluding steroid dienone is 2. The van der Waals surface area contributed by atoms with Gasteiger partial charge in [0.2, 0.25) is 5.91 Å². The van der Waals surface area contributed by atoms with Crippen LogP contribution in [0.3, 0.4) is 0 Å². The number of amides is 1.